The minimum Gasteiger partial charge on any atom is -0.467 e. The van der Waals surface area contributed by atoms with Gasteiger partial charge in [0.25, 0.3) is 0 Å². The number of alkyl carbamates (subject to hydrolysis) is 1. The van der Waals surface area contributed by atoms with E-state index in [1.807, 2.05) is 30.3 Å². The number of carbonyl (C=O) groups excluding carboxylic acids is 4. The van der Waals surface area contributed by atoms with E-state index < -0.39 is 18.3 Å². The molecule has 12 nitrogen and oxygen atoms in total. The Morgan fingerprint density at radius 2 is 1.95 bits per heavy atom. The molecule has 39 heavy (non-hydrogen) atoms. The Morgan fingerprint density at radius 1 is 1.15 bits per heavy atom. The number of furan rings is 1. The number of hydrazine groups is 1. The summed E-state index contributed by atoms with van der Waals surface area (Å²) in [5.74, 6) is 0.112. The summed E-state index contributed by atoms with van der Waals surface area (Å²) < 4.78 is 10.4. The third-order valence-corrected chi connectivity index (χ3v) is 6.62. The van der Waals surface area contributed by atoms with E-state index in [9.17, 15) is 19.2 Å². The second-order valence-electron chi connectivity index (χ2n) is 9.36. The average Bonchev–Trinajstić information content (AvgIpc) is 3.44. The molecule has 2 atom stereocenters. The van der Waals surface area contributed by atoms with Crippen LogP contribution in [-0.2, 0) is 27.4 Å². The zero-order chi connectivity index (χ0) is 27.8. The molecule has 2 fully saturated rings. The van der Waals surface area contributed by atoms with Crippen molar-refractivity contribution >= 4 is 23.9 Å². The standard InChI is InChI=1S/C27H34N6O6/c1-3-14-39-27(37)28-13-7-12-22-25(35)31(17-21-11-8-15-38-21)18-23-32(22)24(34)19-30(2)33(23)26(36)29-16-20-9-5-4-6-10-20/h3-6,8-11,15,22-23H,1,7,12-14,16-19H2,2H3,(H,28,37)(H,29,36)/t22-,23?/m0/s1. The van der Waals surface area contributed by atoms with Crippen molar-refractivity contribution in [1.29, 1.82) is 0 Å². The molecule has 2 aliphatic heterocycles. The first kappa shape index (κ1) is 27.7. The lowest BCUT2D eigenvalue weighted by Crippen LogP contribution is -2.75. The van der Waals surface area contributed by atoms with Gasteiger partial charge in [-0.2, -0.15) is 0 Å². The summed E-state index contributed by atoms with van der Waals surface area (Å²) in [6.07, 6.45) is 2.41. The van der Waals surface area contributed by atoms with Gasteiger partial charge in [0, 0.05) is 20.1 Å². The number of amides is 5. The largest absolute Gasteiger partial charge is 0.467 e. The first-order valence-electron chi connectivity index (χ1n) is 12.8. The third-order valence-electron chi connectivity index (χ3n) is 6.62. The van der Waals surface area contributed by atoms with Crippen LogP contribution in [0.15, 0.2) is 65.8 Å². The molecule has 1 aromatic carbocycles. The number of carbonyl (C=O) groups is 4. The molecule has 2 N–H and O–H groups in total. The lowest BCUT2D eigenvalue weighted by Gasteiger charge is -2.54. The molecule has 3 heterocycles. The van der Waals surface area contributed by atoms with Crippen LogP contribution in [0, 0.1) is 0 Å². The molecule has 0 radical (unpaired) electrons. The Kier molecular flexibility index (Phi) is 9.21. The van der Waals surface area contributed by atoms with Crippen LogP contribution in [0.5, 0.6) is 0 Å². The van der Waals surface area contributed by atoms with E-state index in [0.717, 1.165) is 5.56 Å². The van der Waals surface area contributed by atoms with Gasteiger partial charge in [0.05, 0.1) is 25.9 Å². The van der Waals surface area contributed by atoms with Crippen LogP contribution in [0.2, 0.25) is 0 Å². The van der Waals surface area contributed by atoms with Crippen molar-refractivity contribution in [3.8, 4) is 0 Å². The van der Waals surface area contributed by atoms with Crippen LogP contribution in [0.25, 0.3) is 0 Å². The Bertz CT molecular complexity index is 1160. The van der Waals surface area contributed by atoms with Crippen molar-refractivity contribution in [2.75, 3.05) is 33.3 Å². The average molecular weight is 539 g/mol. The molecular formula is C27H34N6O6. The van der Waals surface area contributed by atoms with E-state index in [4.69, 9.17) is 9.15 Å². The van der Waals surface area contributed by atoms with Crippen molar-refractivity contribution in [2.24, 2.45) is 0 Å². The van der Waals surface area contributed by atoms with Crippen LogP contribution in [-0.4, -0.2) is 89.3 Å². The predicted molar refractivity (Wildman–Crippen MR) is 140 cm³/mol. The summed E-state index contributed by atoms with van der Waals surface area (Å²) in [4.78, 5) is 55.2. The van der Waals surface area contributed by atoms with E-state index in [1.165, 1.54) is 22.2 Å². The second kappa shape index (κ2) is 13.0. The van der Waals surface area contributed by atoms with Crippen molar-refractivity contribution in [3.63, 3.8) is 0 Å². The summed E-state index contributed by atoms with van der Waals surface area (Å²) in [5.41, 5.74) is 0.939. The molecule has 2 saturated heterocycles. The second-order valence-corrected chi connectivity index (χ2v) is 9.36. The highest BCUT2D eigenvalue weighted by molar-refractivity contribution is 5.91. The fourth-order valence-electron chi connectivity index (χ4n) is 4.84. The minimum atomic E-state index is -0.810. The molecular weight excluding hydrogens is 504 g/mol. The van der Waals surface area contributed by atoms with Crippen molar-refractivity contribution < 1.29 is 28.3 Å². The van der Waals surface area contributed by atoms with Gasteiger partial charge in [0.1, 0.15) is 24.6 Å². The van der Waals surface area contributed by atoms with E-state index in [1.54, 1.807) is 29.1 Å². The van der Waals surface area contributed by atoms with Gasteiger partial charge in [0.15, 0.2) is 0 Å². The molecule has 2 aromatic rings. The number of nitrogens with one attached hydrogen (secondary N) is 2. The van der Waals surface area contributed by atoms with Crippen LogP contribution in [0.4, 0.5) is 9.59 Å². The maximum atomic E-state index is 13.6. The topological polar surface area (TPSA) is 128 Å². The molecule has 4 rings (SSSR count). The summed E-state index contributed by atoms with van der Waals surface area (Å²) in [5, 5.41) is 8.65. The van der Waals surface area contributed by atoms with Gasteiger partial charge in [0.2, 0.25) is 11.8 Å². The van der Waals surface area contributed by atoms with Gasteiger partial charge >= 0.3 is 12.1 Å². The summed E-state index contributed by atoms with van der Waals surface area (Å²) in [7, 11) is 1.68. The summed E-state index contributed by atoms with van der Waals surface area (Å²) in [6.45, 7) is 4.44. The molecule has 0 bridgehead atoms. The molecule has 0 spiro atoms. The van der Waals surface area contributed by atoms with Crippen molar-refractivity contribution in [3.05, 3.63) is 72.7 Å². The van der Waals surface area contributed by atoms with Crippen LogP contribution in [0.3, 0.4) is 0 Å². The smallest absolute Gasteiger partial charge is 0.407 e. The van der Waals surface area contributed by atoms with E-state index in [2.05, 4.69) is 17.2 Å². The lowest BCUT2D eigenvalue weighted by atomic mass is 10.0. The van der Waals surface area contributed by atoms with Crippen molar-refractivity contribution in [1.82, 2.24) is 30.5 Å². The maximum absolute atomic E-state index is 13.6. The number of urea groups is 1. The molecule has 0 aliphatic carbocycles. The number of fused-ring (bicyclic) bond motifs is 1. The first-order chi connectivity index (χ1) is 18.9. The number of rotatable bonds is 10. The van der Waals surface area contributed by atoms with E-state index in [0.29, 0.717) is 25.1 Å². The molecule has 0 saturated carbocycles. The van der Waals surface area contributed by atoms with E-state index >= 15 is 0 Å². The number of ether oxygens (including phenoxy) is 1. The highest BCUT2D eigenvalue weighted by Gasteiger charge is 2.50. The van der Waals surface area contributed by atoms with Gasteiger partial charge in [-0.25, -0.2) is 19.6 Å². The van der Waals surface area contributed by atoms with Gasteiger partial charge in [-0.3, -0.25) is 9.59 Å². The van der Waals surface area contributed by atoms with Crippen LogP contribution < -0.4 is 10.6 Å². The minimum absolute atomic E-state index is 0.0522. The van der Waals surface area contributed by atoms with Gasteiger partial charge in [-0.15, -0.1) is 0 Å². The number of piperazine rings is 1. The maximum Gasteiger partial charge on any atom is 0.407 e. The fraction of sp³-hybridized carbons (Fsp3) is 0.407. The van der Waals surface area contributed by atoms with E-state index in [-0.39, 0.29) is 50.6 Å². The normalized spacial score (nSPS) is 19.5. The van der Waals surface area contributed by atoms with Gasteiger partial charge < -0.3 is 29.6 Å². The first-order valence-corrected chi connectivity index (χ1v) is 12.8. The molecule has 12 heteroatoms. The zero-order valence-electron chi connectivity index (χ0n) is 22.0. The van der Waals surface area contributed by atoms with Crippen LogP contribution in [0.1, 0.15) is 24.2 Å². The quantitative estimate of drug-likeness (QED) is 0.349. The van der Waals surface area contributed by atoms with Gasteiger partial charge in [-0.1, -0.05) is 43.0 Å². The number of hydrogen-bond donors (Lipinski definition) is 2. The SMILES string of the molecule is C=CCOC(=O)NCCC[C@H]1C(=O)N(Cc2ccco2)CC2N1C(=O)CN(C)N2C(=O)NCc1ccccc1. The molecule has 208 valence electrons. The Morgan fingerprint density at radius 3 is 2.67 bits per heavy atom. The molecule has 2 aliphatic rings. The Balaban J connectivity index is 1.51. The molecule has 1 aromatic heterocycles. The fourth-order valence-corrected chi connectivity index (χ4v) is 4.84. The van der Waals surface area contributed by atoms with Crippen molar-refractivity contribution in [2.45, 2.75) is 38.1 Å². The zero-order valence-corrected chi connectivity index (χ0v) is 22.0. The monoisotopic (exact) mass is 538 g/mol. The Labute approximate surface area is 227 Å². The van der Waals surface area contributed by atoms with Crippen LogP contribution >= 0.6 is 0 Å². The molecule has 1 unspecified atom stereocenters. The number of nitrogens with zero attached hydrogens (tertiary/aromatic N) is 4. The highest BCUT2D eigenvalue weighted by Crippen LogP contribution is 2.29. The number of likely N-dealkylation sites (N-methyl/N-ethyl adjacent to an activating group) is 1. The predicted octanol–water partition coefficient (Wildman–Crippen LogP) is 1.91. The summed E-state index contributed by atoms with van der Waals surface area (Å²) >= 11 is 0. The highest BCUT2D eigenvalue weighted by atomic mass is 16.5. The molecule has 5 amide bonds. The third kappa shape index (κ3) is 6.77. The lowest BCUT2D eigenvalue weighted by molar-refractivity contribution is -0.188. The Hall–Kier alpha value is -4.32. The van der Waals surface area contributed by atoms with Gasteiger partial charge in [-0.05, 0) is 30.5 Å². The number of benzene rings is 1. The summed E-state index contributed by atoms with van der Waals surface area (Å²) in [6, 6.07) is 11.9. The number of hydrogen-bond acceptors (Lipinski definition) is 7.